The molecule has 2 heterocycles. The van der Waals surface area contributed by atoms with Crippen molar-refractivity contribution < 1.29 is 23.8 Å². The molecule has 0 saturated carbocycles. The maximum Gasteiger partial charge on any atom is 0.303 e. The number of aryl methyl sites for hydroxylation is 2. The summed E-state index contributed by atoms with van der Waals surface area (Å²) in [5.41, 5.74) is 3.37. The predicted octanol–water partition coefficient (Wildman–Crippen LogP) is 5.93. The lowest BCUT2D eigenvalue weighted by molar-refractivity contribution is -0.136. The number of hydrogen-bond donors (Lipinski definition) is 2. The summed E-state index contributed by atoms with van der Waals surface area (Å²) in [6.07, 6.45) is 0.903. The van der Waals surface area contributed by atoms with E-state index >= 15 is 0 Å². The molecule has 0 atom stereocenters. The molecule has 0 fully saturated rings. The first-order chi connectivity index (χ1) is 17.4. The van der Waals surface area contributed by atoms with E-state index in [1.54, 1.807) is 11.4 Å². The van der Waals surface area contributed by atoms with Crippen LogP contribution in [-0.2, 0) is 24.2 Å². The number of oxazole rings is 1. The summed E-state index contributed by atoms with van der Waals surface area (Å²) in [6, 6.07) is 16.9. The summed E-state index contributed by atoms with van der Waals surface area (Å²) in [5, 5.41) is 14.1. The topological polar surface area (TPSA) is 102 Å². The van der Waals surface area contributed by atoms with Gasteiger partial charge in [-0.3, -0.25) is 9.59 Å². The third-order valence-corrected chi connectivity index (χ3v) is 6.91. The third-order valence-electron chi connectivity index (χ3n) is 5.57. The molecule has 4 rings (SSSR count). The molecule has 0 bridgehead atoms. The van der Waals surface area contributed by atoms with Crippen LogP contribution in [0.3, 0.4) is 0 Å². The van der Waals surface area contributed by atoms with Gasteiger partial charge in [-0.15, -0.1) is 11.3 Å². The summed E-state index contributed by atoms with van der Waals surface area (Å²) in [6.45, 7) is 2.49. The van der Waals surface area contributed by atoms with Crippen molar-refractivity contribution in [2.24, 2.45) is 0 Å². The number of aromatic nitrogens is 1. The van der Waals surface area contributed by atoms with Gasteiger partial charge in [-0.2, -0.15) is 0 Å². The number of rotatable bonds is 11. The van der Waals surface area contributed by atoms with Crippen LogP contribution in [0.2, 0.25) is 5.02 Å². The van der Waals surface area contributed by atoms with Crippen molar-refractivity contribution in [2.75, 3.05) is 6.61 Å². The SMILES string of the molecule is Cc1oc(-c2ccccc2)nc1CCOc1ccc(CCC(=O)O)c(CNC(=O)c2sccc2Cl)c1. The van der Waals surface area contributed by atoms with E-state index in [4.69, 9.17) is 25.9 Å². The first-order valence-electron chi connectivity index (χ1n) is 11.4. The van der Waals surface area contributed by atoms with Gasteiger partial charge in [0.1, 0.15) is 16.4 Å². The Hall–Kier alpha value is -3.62. The van der Waals surface area contributed by atoms with Gasteiger partial charge in [0, 0.05) is 24.9 Å². The van der Waals surface area contributed by atoms with Crippen LogP contribution in [0.4, 0.5) is 0 Å². The van der Waals surface area contributed by atoms with Crippen LogP contribution in [0.25, 0.3) is 11.5 Å². The number of hydrogen-bond acceptors (Lipinski definition) is 6. The number of carboxylic acids is 1. The Morgan fingerprint density at radius 1 is 1.11 bits per heavy atom. The molecule has 2 N–H and O–H groups in total. The summed E-state index contributed by atoms with van der Waals surface area (Å²) in [4.78, 5) is 28.6. The molecule has 0 aliphatic carbocycles. The highest BCUT2D eigenvalue weighted by Crippen LogP contribution is 2.24. The highest BCUT2D eigenvalue weighted by atomic mass is 35.5. The fourth-order valence-electron chi connectivity index (χ4n) is 3.68. The second kappa shape index (κ2) is 11.9. The number of ether oxygens (including phenoxy) is 1. The van der Waals surface area contributed by atoms with E-state index < -0.39 is 5.97 Å². The molecule has 2 aromatic heterocycles. The molecular weight excluding hydrogens is 500 g/mol. The van der Waals surface area contributed by atoms with Crippen LogP contribution in [0.1, 0.15) is 38.7 Å². The van der Waals surface area contributed by atoms with E-state index in [2.05, 4.69) is 10.3 Å². The highest BCUT2D eigenvalue weighted by molar-refractivity contribution is 7.12. The molecule has 0 saturated heterocycles. The number of thiophene rings is 1. The average Bonchev–Trinajstić information content (AvgIpc) is 3.47. The summed E-state index contributed by atoms with van der Waals surface area (Å²) in [7, 11) is 0. The molecular formula is C27H25ClN2O5S. The van der Waals surface area contributed by atoms with Crippen molar-refractivity contribution in [1.82, 2.24) is 10.3 Å². The molecule has 2 aromatic carbocycles. The number of aliphatic carboxylic acids is 1. The van der Waals surface area contributed by atoms with Gasteiger partial charge in [0.15, 0.2) is 0 Å². The minimum absolute atomic E-state index is 0.00686. The molecule has 7 nitrogen and oxygen atoms in total. The van der Waals surface area contributed by atoms with Gasteiger partial charge < -0.3 is 19.6 Å². The van der Waals surface area contributed by atoms with Crippen molar-refractivity contribution in [2.45, 2.75) is 32.7 Å². The van der Waals surface area contributed by atoms with E-state index in [-0.39, 0.29) is 18.9 Å². The highest BCUT2D eigenvalue weighted by Gasteiger charge is 2.15. The van der Waals surface area contributed by atoms with E-state index in [1.165, 1.54) is 11.3 Å². The number of carbonyl (C=O) groups is 2. The molecule has 4 aromatic rings. The standard InChI is InChI=1S/C27H25ClN2O5S/c1-17-23(30-27(35-17)19-5-3-2-4-6-19)11-13-34-21-9-7-18(8-10-24(31)32)20(15-21)16-29-26(33)25-22(28)12-14-36-25/h2-7,9,12,14-15H,8,10-11,13,16H2,1H3,(H,29,33)(H,31,32). The second-order valence-corrected chi connectivity index (χ2v) is 9.41. The quantitative estimate of drug-likeness (QED) is 0.252. The molecule has 0 aliphatic heterocycles. The lowest BCUT2D eigenvalue weighted by atomic mass is 10.0. The third kappa shape index (κ3) is 6.53. The van der Waals surface area contributed by atoms with Crippen LogP contribution < -0.4 is 10.1 Å². The van der Waals surface area contributed by atoms with Crippen LogP contribution in [0, 0.1) is 6.92 Å². The smallest absolute Gasteiger partial charge is 0.303 e. The largest absolute Gasteiger partial charge is 0.493 e. The van der Waals surface area contributed by atoms with E-state index in [0.29, 0.717) is 41.0 Å². The molecule has 9 heteroatoms. The van der Waals surface area contributed by atoms with E-state index in [0.717, 1.165) is 28.1 Å². The van der Waals surface area contributed by atoms with Crippen molar-refractivity contribution in [3.8, 4) is 17.2 Å². The van der Waals surface area contributed by atoms with Gasteiger partial charge in [-0.1, -0.05) is 35.9 Å². The number of nitrogens with zero attached hydrogens (tertiary/aromatic N) is 1. The first kappa shape index (κ1) is 25.5. The zero-order valence-electron chi connectivity index (χ0n) is 19.6. The van der Waals surface area contributed by atoms with Crippen LogP contribution in [0.15, 0.2) is 64.4 Å². The van der Waals surface area contributed by atoms with Gasteiger partial charge >= 0.3 is 5.97 Å². The van der Waals surface area contributed by atoms with Crippen molar-refractivity contribution in [3.05, 3.63) is 92.5 Å². The Morgan fingerprint density at radius 2 is 1.92 bits per heavy atom. The molecule has 186 valence electrons. The van der Waals surface area contributed by atoms with Gasteiger partial charge in [0.25, 0.3) is 5.91 Å². The monoisotopic (exact) mass is 524 g/mol. The fourth-order valence-corrected chi connectivity index (χ4v) is 4.74. The molecule has 0 aliphatic rings. The van der Waals surface area contributed by atoms with Crippen molar-refractivity contribution in [3.63, 3.8) is 0 Å². The normalized spacial score (nSPS) is 10.8. The molecule has 1 amide bonds. The van der Waals surface area contributed by atoms with E-state index in [9.17, 15) is 9.59 Å². The average molecular weight is 525 g/mol. The lowest BCUT2D eigenvalue weighted by Crippen LogP contribution is -2.23. The van der Waals surface area contributed by atoms with Gasteiger partial charge in [-0.05, 0) is 60.2 Å². The number of benzene rings is 2. The van der Waals surface area contributed by atoms with Crippen molar-refractivity contribution in [1.29, 1.82) is 0 Å². The number of carbonyl (C=O) groups excluding carboxylic acids is 1. The molecule has 0 radical (unpaired) electrons. The van der Waals surface area contributed by atoms with Crippen LogP contribution in [-0.4, -0.2) is 28.6 Å². The van der Waals surface area contributed by atoms with Crippen molar-refractivity contribution >= 4 is 34.8 Å². The Kier molecular flexibility index (Phi) is 8.40. The zero-order chi connectivity index (χ0) is 25.5. The van der Waals surface area contributed by atoms with Gasteiger partial charge in [-0.25, -0.2) is 4.98 Å². The molecule has 36 heavy (non-hydrogen) atoms. The molecule has 0 unspecified atom stereocenters. The minimum atomic E-state index is -0.881. The number of carboxylic acid groups (broad SMARTS) is 1. The minimum Gasteiger partial charge on any atom is -0.493 e. The lowest BCUT2D eigenvalue weighted by Gasteiger charge is -2.13. The number of amides is 1. The number of halogens is 1. The first-order valence-corrected chi connectivity index (χ1v) is 12.7. The Bertz CT molecular complexity index is 1350. The second-order valence-electron chi connectivity index (χ2n) is 8.09. The van der Waals surface area contributed by atoms with Gasteiger partial charge in [0.05, 0.1) is 17.3 Å². The Labute approximate surface area is 217 Å². The maximum atomic E-state index is 12.5. The predicted molar refractivity (Wildman–Crippen MR) is 139 cm³/mol. The zero-order valence-corrected chi connectivity index (χ0v) is 21.2. The maximum absolute atomic E-state index is 12.5. The van der Waals surface area contributed by atoms with E-state index in [1.807, 2.05) is 55.5 Å². The summed E-state index contributed by atoms with van der Waals surface area (Å²) < 4.78 is 11.8. The number of nitrogens with one attached hydrogen (secondary N) is 1. The van der Waals surface area contributed by atoms with Crippen LogP contribution >= 0.6 is 22.9 Å². The summed E-state index contributed by atoms with van der Waals surface area (Å²) in [5.74, 6) is 0.790. The Balaban J connectivity index is 1.41. The Morgan fingerprint density at radius 3 is 2.64 bits per heavy atom. The van der Waals surface area contributed by atoms with Crippen LogP contribution in [0.5, 0.6) is 5.75 Å². The fraction of sp³-hybridized carbons (Fsp3) is 0.222. The molecule has 0 spiro atoms. The van der Waals surface area contributed by atoms with Gasteiger partial charge in [0.2, 0.25) is 5.89 Å². The summed E-state index contributed by atoms with van der Waals surface area (Å²) >= 11 is 7.33.